The third-order valence-corrected chi connectivity index (χ3v) is 4.85. The lowest BCUT2D eigenvalue weighted by atomic mass is 10.1. The van der Waals surface area contributed by atoms with Crippen LogP contribution in [-0.4, -0.2) is 48.8 Å². The molecule has 0 heterocycles. The molecule has 0 fully saturated rings. The molecule has 1 rings (SSSR count). The number of hydrogen-bond donors (Lipinski definition) is 0. The molecule has 0 saturated heterocycles. The molecular weight excluding hydrogens is 304 g/mol. The van der Waals surface area contributed by atoms with Gasteiger partial charge in [-0.3, -0.25) is 4.79 Å². The molecule has 0 saturated carbocycles. The lowest BCUT2D eigenvalue weighted by molar-refractivity contribution is -0.122. The van der Waals surface area contributed by atoms with Crippen molar-refractivity contribution in [3.05, 3.63) is 23.8 Å². The van der Waals surface area contributed by atoms with Crippen molar-refractivity contribution in [2.24, 2.45) is 0 Å². The zero-order chi connectivity index (χ0) is 15.6. The average Bonchev–Trinajstić information content (AvgIpc) is 2.26. The summed E-state index contributed by atoms with van der Waals surface area (Å²) in [5, 5.41) is 0. The molecule has 0 atom stereocenters. The van der Waals surface area contributed by atoms with Crippen molar-refractivity contribution < 1.29 is 26.4 Å². The Morgan fingerprint density at radius 1 is 1.10 bits per heavy atom. The van der Waals surface area contributed by atoms with Crippen LogP contribution in [0.15, 0.2) is 28.0 Å². The van der Waals surface area contributed by atoms with E-state index in [1.54, 1.807) is 0 Å². The van der Waals surface area contributed by atoms with Crippen LogP contribution in [0.4, 0.5) is 0 Å². The smallest absolute Gasteiger partial charge is 0.175 e. The number of hydrogen-bond acceptors (Lipinski definition) is 6. The summed E-state index contributed by atoms with van der Waals surface area (Å²) in [5.74, 6) is -0.287. The summed E-state index contributed by atoms with van der Waals surface area (Å²) >= 11 is 0. The van der Waals surface area contributed by atoms with Crippen molar-refractivity contribution in [1.29, 1.82) is 0 Å². The van der Waals surface area contributed by atoms with Gasteiger partial charge >= 0.3 is 0 Å². The zero-order valence-electron chi connectivity index (χ0n) is 11.4. The van der Waals surface area contributed by atoms with Gasteiger partial charge in [0.25, 0.3) is 0 Å². The van der Waals surface area contributed by atoms with Crippen LogP contribution in [0, 0.1) is 0 Å². The third kappa shape index (κ3) is 4.39. The molecule has 1 aromatic carbocycles. The van der Waals surface area contributed by atoms with Gasteiger partial charge in [0, 0.05) is 26.0 Å². The molecule has 0 radical (unpaired) electrons. The molecule has 0 aliphatic rings. The maximum atomic E-state index is 11.7. The molecule has 112 valence electrons. The van der Waals surface area contributed by atoms with E-state index in [2.05, 4.69) is 4.74 Å². The molecule has 0 spiro atoms. The molecule has 0 N–H and O–H groups in total. The second kappa shape index (κ2) is 6.02. The van der Waals surface area contributed by atoms with Crippen LogP contribution < -0.4 is 0 Å². The summed E-state index contributed by atoms with van der Waals surface area (Å²) in [7, 11) is -5.79. The maximum Gasteiger partial charge on any atom is 0.175 e. The van der Waals surface area contributed by atoms with Crippen molar-refractivity contribution >= 4 is 25.5 Å². The molecule has 0 amide bonds. The first kappa shape index (κ1) is 16.8. The van der Waals surface area contributed by atoms with Crippen LogP contribution in [0.25, 0.3) is 0 Å². The molecule has 8 heteroatoms. The summed E-state index contributed by atoms with van der Waals surface area (Å²) < 4.78 is 51.1. The van der Waals surface area contributed by atoms with Gasteiger partial charge in [0.05, 0.1) is 9.79 Å². The van der Waals surface area contributed by atoms with E-state index >= 15 is 0 Å². The summed E-state index contributed by atoms with van der Waals surface area (Å²) in [4.78, 5) is 11.3. The number of sulfone groups is 2. The molecule has 6 nitrogen and oxygen atoms in total. The van der Waals surface area contributed by atoms with E-state index in [9.17, 15) is 21.6 Å². The number of carbonyl (C=O) groups excluding carboxylic acids is 1. The Bertz CT molecular complexity index is 716. The molecule has 1 aromatic rings. The average molecular weight is 320 g/mol. The Hall–Kier alpha value is -1.25. The Kier molecular flexibility index (Phi) is 5.06. The second-order valence-corrected chi connectivity index (χ2v) is 8.46. The molecule has 20 heavy (non-hydrogen) atoms. The van der Waals surface area contributed by atoms with Crippen molar-refractivity contribution in [3.8, 4) is 0 Å². The number of benzene rings is 1. The maximum absolute atomic E-state index is 11.7. The summed E-state index contributed by atoms with van der Waals surface area (Å²) in [6, 6.07) is 3.72. The van der Waals surface area contributed by atoms with Gasteiger partial charge in [0.2, 0.25) is 0 Å². The number of carbonyl (C=O) groups is 1. The van der Waals surface area contributed by atoms with E-state index in [1.807, 2.05) is 0 Å². The molecule has 0 unspecified atom stereocenters. The number of ether oxygens (including phenoxy) is 1. The Morgan fingerprint density at radius 2 is 1.70 bits per heavy atom. The molecule has 0 bridgehead atoms. The Labute approximate surface area is 118 Å². The minimum atomic E-state index is -3.63. The monoisotopic (exact) mass is 320 g/mol. The zero-order valence-corrected chi connectivity index (χ0v) is 13.0. The van der Waals surface area contributed by atoms with Crippen LogP contribution in [0.2, 0.25) is 0 Å². The highest BCUT2D eigenvalue weighted by Gasteiger charge is 2.19. The molecular formula is C12H16O6S2. The summed E-state index contributed by atoms with van der Waals surface area (Å²) in [6.07, 6.45) is 1.84. The van der Waals surface area contributed by atoms with E-state index in [-0.39, 0.29) is 34.2 Å². The Morgan fingerprint density at radius 3 is 2.15 bits per heavy atom. The summed E-state index contributed by atoms with van der Waals surface area (Å²) in [6.45, 7) is -0.128. The van der Waals surface area contributed by atoms with E-state index in [0.717, 1.165) is 18.6 Å². The van der Waals surface area contributed by atoms with Gasteiger partial charge in [-0.25, -0.2) is 16.8 Å². The first-order valence-corrected chi connectivity index (χ1v) is 9.37. The van der Waals surface area contributed by atoms with Crippen molar-refractivity contribution in [1.82, 2.24) is 0 Å². The highest BCUT2D eigenvalue weighted by atomic mass is 32.2. The topological polar surface area (TPSA) is 94.6 Å². The van der Waals surface area contributed by atoms with Gasteiger partial charge in [-0.1, -0.05) is 6.07 Å². The van der Waals surface area contributed by atoms with Gasteiger partial charge < -0.3 is 4.74 Å². The highest BCUT2D eigenvalue weighted by molar-refractivity contribution is 7.91. The van der Waals surface area contributed by atoms with E-state index in [0.29, 0.717) is 0 Å². The van der Waals surface area contributed by atoms with Crippen LogP contribution in [0.1, 0.15) is 5.56 Å². The van der Waals surface area contributed by atoms with Crippen molar-refractivity contribution in [2.45, 2.75) is 16.2 Å². The first-order valence-electron chi connectivity index (χ1n) is 5.59. The van der Waals surface area contributed by atoms with Crippen LogP contribution in [0.5, 0.6) is 0 Å². The summed E-state index contributed by atoms with van der Waals surface area (Å²) in [5.41, 5.74) is 0.266. The number of methoxy groups -OCH3 is 1. The fourth-order valence-corrected chi connectivity index (χ4v) is 3.36. The number of rotatable bonds is 6. The van der Waals surface area contributed by atoms with Crippen LogP contribution in [0.3, 0.4) is 0 Å². The van der Waals surface area contributed by atoms with E-state index in [1.165, 1.54) is 19.2 Å². The third-order valence-electron chi connectivity index (χ3n) is 2.56. The van der Waals surface area contributed by atoms with E-state index in [4.69, 9.17) is 0 Å². The Balaban J connectivity index is 3.36. The normalized spacial score (nSPS) is 12.3. The largest absolute Gasteiger partial charge is 0.377 e. The highest BCUT2D eigenvalue weighted by Crippen LogP contribution is 2.21. The quantitative estimate of drug-likeness (QED) is 0.746. The van der Waals surface area contributed by atoms with Crippen molar-refractivity contribution in [2.75, 3.05) is 26.2 Å². The van der Waals surface area contributed by atoms with Gasteiger partial charge in [0.15, 0.2) is 25.5 Å². The number of ketones is 1. The first-order chi connectivity index (χ1) is 9.05. The predicted octanol–water partition coefficient (Wildman–Crippen LogP) is 0.252. The fraction of sp³-hybridized carbons (Fsp3) is 0.417. The van der Waals surface area contributed by atoms with Crippen LogP contribution in [-0.2, 0) is 35.6 Å². The van der Waals surface area contributed by atoms with Crippen LogP contribution >= 0.6 is 0 Å². The molecule has 0 aromatic heterocycles. The fourth-order valence-electron chi connectivity index (χ4n) is 1.68. The second-order valence-electron chi connectivity index (χ2n) is 4.46. The molecule has 0 aliphatic carbocycles. The standard InChI is InChI=1S/C12H16O6S2/c1-18-8-10(13)6-9-4-5-11(19(2,14)15)7-12(9)20(3,16)17/h4-5,7H,6,8H2,1-3H3. The number of Topliss-reactive ketones (excluding diaryl/α,β-unsaturated/α-hetero) is 1. The lowest BCUT2D eigenvalue weighted by Gasteiger charge is -2.09. The lowest BCUT2D eigenvalue weighted by Crippen LogP contribution is -2.13. The van der Waals surface area contributed by atoms with Gasteiger partial charge in [0.1, 0.15) is 6.61 Å². The van der Waals surface area contributed by atoms with Gasteiger partial charge in [-0.2, -0.15) is 0 Å². The minimum absolute atomic E-state index is 0.0964. The van der Waals surface area contributed by atoms with E-state index < -0.39 is 19.7 Å². The molecule has 0 aliphatic heterocycles. The SMILES string of the molecule is COCC(=O)Cc1ccc(S(C)(=O)=O)cc1S(C)(=O)=O. The van der Waals surface area contributed by atoms with Gasteiger partial charge in [-0.05, 0) is 17.7 Å². The van der Waals surface area contributed by atoms with Crippen molar-refractivity contribution in [3.63, 3.8) is 0 Å². The predicted molar refractivity (Wildman–Crippen MR) is 73.2 cm³/mol. The van der Waals surface area contributed by atoms with Gasteiger partial charge in [-0.15, -0.1) is 0 Å². The minimum Gasteiger partial charge on any atom is -0.377 e.